The molecule has 0 unspecified atom stereocenters. The highest BCUT2D eigenvalue weighted by molar-refractivity contribution is 7.80. The number of nitrogens with two attached hydrogens (primary N) is 1. The van der Waals surface area contributed by atoms with E-state index in [0.29, 0.717) is 29.0 Å². The third kappa shape index (κ3) is 4.31. The molecule has 140 valence electrons. The first kappa shape index (κ1) is 18.6. The molecule has 8 heteroatoms. The number of aryl methyl sites for hydroxylation is 1. The van der Waals surface area contributed by atoms with Crippen molar-refractivity contribution < 1.29 is 8.81 Å². The zero-order chi connectivity index (χ0) is 18.7. The molecule has 0 radical (unpaired) electrons. The van der Waals surface area contributed by atoms with Crippen molar-refractivity contribution in [2.24, 2.45) is 5.73 Å². The van der Waals surface area contributed by atoms with E-state index in [1.54, 1.807) is 19.2 Å². The average molecular weight is 377 g/mol. The third-order valence-electron chi connectivity index (χ3n) is 4.63. The van der Waals surface area contributed by atoms with E-state index < -0.39 is 0 Å². The minimum absolute atomic E-state index is 0.197. The first-order valence-corrected chi connectivity index (χ1v) is 9.07. The molecule has 2 heterocycles. The number of anilines is 2. The molecule has 1 saturated heterocycles. The number of piperidine rings is 1. The van der Waals surface area contributed by atoms with Crippen molar-refractivity contribution in [1.82, 2.24) is 9.88 Å². The van der Waals surface area contributed by atoms with Gasteiger partial charge >= 0.3 is 0 Å². The number of benzene rings is 1. The van der Waals surface area contributed by atoms with Crippen molar-refractivity contribution in [3.8, 4) is 0 Å². The number of likely N-dealkylation sites (tertiary alicyclic amines) is 1. The number of nitrogens with zero attached hydrogens (tertiary/aromatic N) is 3. The summed E-state index contributed by atoms with van der Waals surface area (Å²) >= 11 is 5.32. The quantitative estimate of drug-likeness (QED) is 0.777. The largest absolute Gasteiger partial charge is 0.444 e. The molecule has 26 heavy (non-hydrogen) atoms. The lowest BCUT2D eigenvalue weighted by Gasteiger charge is -2.38. The molecule has 0 saturated carbocycles. The molecular weight excluding hydrogens is 353 g/mol. The molecular formula is C18H24FN5OS. The van der Waals surface area contributed by atoms with E-state index in [4.69, 9.17) is 22.4 Å². The number of aromatic nitrogens is 1. The standard InChI is InChI=1S/C18H24FN5OS/c1-12-21-10-15(25-12)11-22-16-9-13(19)3-4-17(16)24(18(20)26)14-5-7-23(2)8-6-14/h3-4,9-10,14,22H,5-8,11H2,1-2H3,(H2,20,26). The van der Waals surface area contributed by atoms with Crippen LogP contribution < -0.4 is 16.0 Å². The number of thiocarbonyl (C=S) groups is 1. The lowest BCUT2D eigenvalue weighted by molar-refractivity contribution is 0.256. The monoisotopic (exact) mass is 377 g/mol. The zero-order valence-electron chi connectivity index (χ0n) is 15.0. The lowest BCUT2D eigenvalue weighted by atomic mass is 10.0. The number of oxazole rings is 1. The van der Waals surface area contributed by atoms with Gasteiger partial charge in [0.2, 0.25) is 0 Å². The molecule has 1 aromatic heterocycles. The molecule has 3 rings (SSSR count). The van der Waals surface area contributed by atoms with Crippen molar-refractivity contribution in [2.75, 3.05) is 30.4 Å². The summed E-state index contributed by atoms with van der Waals surface area (Å²) in [5.74, 6) is 0.951. The third-order valence-corrected chi connectivity index (χ3v) is 4.83. The van der Waals surface area contributed by atoms with Crippen LogP contribution in [0.2, 0.25) is 0 Å². The number of hydrogen-bond donors (Lipinski definition) is 2. The summed E-state index contributed by atoms with van der Waals surface area (Å²) in [6, 6.07) is 4.81. The maximum absolute atomic E-state index is 13.9. The molecule has 1 aliphatic heterocycles. The van der Waals surface area contributed by atoms with Crippen LogP contribution in [0, 0.1) is 12.7 Å². The molecule has 0 spiro atoms. The van der Waals surface area contributed by atoms with Crippen LogP contribution >= 0.6 is 12.2 Å². The first-order chi connectivity index (χ1) is 12.4. The van der Waals surface area contributed by atoms with E-state index in [-0.39, 0.29) is 11.9 Å². The SMILES string of the molecule is Cc1ncc(CNc2cc(F)ccc2N(C(N)=S)C2CCN(C)CC2)o1. The number of rotatable bonds is 5. The summed E-state index contributed by atoms with van der Waals surface area (Å²) in [5, 5.41) is 3.52. The number of nitrogens with one attached hydrogen (secondary N) is 1. The van der Waals surface area contributed by atoms with Gasteiger partial charge in [-0.3, -0.25) is 0 Å². The van der Waals surface area contributed by atoms with Gasteiger partial charge in [0.05, 0.1) is 24.1 Å². The van der Waals surface area contributed by atoms with E-state index in [9.17, 15) is 4.39 Å². The molecule has 0 aliphatic carbocycles. The van der Waals surface area contributed by atoms with Crippen LogP contribution in [0.15, 0.2) is 28.8 Å². The van der Waals surface area contributed by atoms with Gasteiger partial charge in [-0.2, -0.15) is 0 Å². The van der Waals surface area contributed by atoms with Gasteiger partial charge in [-0.25, -0.2) is 9.37 Å². The van der Waals surface area contributed by atoms with E-state index in [2.05, 4.69) is 22.2 Å². The highest BCUT2D eigenvalue weighted by Gasteiger charge is 2.27. The van der Waals surface area contributed by atoms with Gasteiger partial charge in [0.25, 0.3) is 0 Å². The normalized spacial score (nSPS) is 15.8. The second-order valence-electron chi connectivity index (χ2n) is 6.60. The maximum Gasteiger partial charge on any atom is 0.191 e. The van der Waals surface area contributed by atoms with E-state index >= 15 is 0 Å². The van der Waals surface area contributed by atoms with Crippen molar-refractivity contribution in [2.45, 2.75) is 32.4 Å². The fraction of sp³-hybridized carbons (Fsp3) is 0.444. The van der Waals surface area contributed by atoms with Gasteiger partial charge in [-0.1, -0.05) is 0 Å². The lowest BCUT2D eigenvalue weighted by Crippen LogP contribution is -2.49. The van der Waals surface area contributed by atoms with Gasteiger partial charge in [0.15, 0.2) is 11.0 Å². The molecule has 0 amide bonds. The Morgan fingerprint density at radius 1 is 1.46 bits per heavy atom. The van der Waals surface area contributed by atoms with Gasteiger partial charge in [-0.05, 0) is 63.4 Å². The van der Waals surface area contributed by atoms with Crippen LogP contribution in [0.1, 0.15) is 24.5 Å². The molecule has 1 aliphatic rings. The molecule has 3 N–H and O–H groups in total. The Labute approximate surface area is 158 Å². The second-order valence-corrected chi connectivity index (χ2v) is 7.02. The van der Waals surface area contributed by atoms with Crippen molar-refractivity contribution in [3.05, 3.63) is 41.9 Å². The van der Waals surface area contributed by atoms with Crippen LogP contribution in [0.3, 0.4) is 0 Å². The second kappa shape index (κ2) is 8.01. The van der Waals surface area contributed by atoms with Crippen LogP contribution in [0.25, 0.3) is 0 Å². The summed E-state index contributed by atoms with van der Waals surface area (Å²) in [6.45, 7) is 4.14. The summed E-state index contributed by atoms with van der Waals surface area (Å²) in [4.78, 5) is 8.30. The minimum atomic E-state index is -0.323. The van der Waals surface area contributed by atoms with E-state index in [1.807, 2.05) is 4.90 Å². The van der Waals surface area contributed by atoms with Crippen molar-refractivity contribution in [1.29, 1.82) is 0 Å². The highest BCUT2D eigenvalue weighted by atomic mass is 32.1. The van der Waals surface area contributed by atoms with Gasteiger partial charge in [0.1, 0.15) is 11.6 Å². The van der Waals surface area contributed by atoms with Gasteiger partial charge in [0, 0.05) is 13.0 Å². The predicted octanol–water partition coefficient (Wildman–Crippen LogP) is 2.88. The Morgan fingerprint density at radius 3 is 2.81 bits per heavy atom. The van der Waals surface area contributed by atoms with Crippen molar-refractivity contribution in [3.63, 3.8) is 0 Å². The van der Waals surface area contributed by atoms with E-state index in [0.717, 1.165) is 31.6 Å². The Morgan fingerprint density at radius 2 is 2.19 bits per heavy atom. The Kier molecular flexibility index (Phi) is 5.73. The van der Waals surface area contributed by atoms with Crippen LogP contribution in [-0.2, 0) is 6.54 Å². The first-order valence-electron chi connectivity index (χ1n) is 8.66. The summed E-state index contributed by atoms with van der Waals surface area (Å²) in [7, 11) is 2.10. The molecule has 6 nitrogen and oxygen atoms in total. The Balaban J connectivity index is 1.85. The maximum atomic E-state index is 13.9. The van der Waals surface area contributed by atoms with Crippen LogP contribution in [-0.4, -0.2) is 41.2 Å². The topological polar surface area (TPSA) is 70.6 Å². The van der Waals surface area contributed by atoms with Gasteiger partial charge < -0.3 is 25.3 Å². The molecule has 0 atom stereocenters. The Bertz CT molecular complexity index is 773. The average Bonchev–Trinajstić information content (AvgIpc) is 3.02. The van der Waals surface area contributed by atoms with Gasteiger partial charge in [-0.15, -0.1) is 0 Å². The minimum Gasteiger partial charge on any atom is -0.444 e. The fourth-order valence-electron chi connectivity index (χ4n) is 3.28. The predicted molar refractivity (Wildman–Crippen MR) is 105 cm³/mol. The molecule has 2 aromatic rings. The number of halogens is 1. The van der Waals surface area contributed by atoms with Crippen LogP contribution in [0.4, 0.5) is 15.8 Å². The summed E-state index contributed by atoms with van der Waals surface area (Å²) < 4.78 is 19.3. The summed E-state index contributed by atoms with van der Waals surface area (Å²) in [5.41, 5.74) is 7.46. The fourth-order valence-corrected chi connectivity index (χ4v) is 3.53. The van der Waals surface area contributed by atoms with Crippen molar-refractivity contribution >= 4 is 28.7 Å². The highest BCUT2D eigenvalue weighted by Crippen LogP contribution is 2.31. The smallest absolute Gasteiger partial charge is 0.191 e. The van der Waals surface area contributed by atoms with E-state index in [1.165, 1.54) is 12.1 Å². The van der Waals surface area contributed by atoms with Crippen LogP contribution in [0.5, 0.6) is 0 Å². The molecule has 1 fully saturated rings. The zero-order valence-corrected chi connectivity index (χ0v) is 15.9. The Hall–Kier alpha value is -2.19. The summed E-state index contributed by atoms with van der Waals surface area (Å²) in [6.07, 6.45) is 3.56. The molecule has 1 aromatic carbocycles. The molecule has 0 bridgehead atoms. The number of hydrogen-bond acceptors (Lipinski definition) is 5.